The highest BCUT2D eigenvalue weighted by atomic mass is 19.1. The van der Waals surface area contributed by atoms with Gasteiger partial charge in [0.05, 0.1) is 11.7 Å². The molecule has 2 aromatic carbocycles. The van der Waals surface area contributed by atoms with E-state index in [0.717, 1.165) is 19.5 Å². The minimum Gasteiger partial charge on any atom is -0.491 e. The molecule has 3 atom stereocenters. The molecule has 8 heteroatoms. The number of fused-ring (bicyclic) bond motifs is 1. The van der Waals surface area contributed by atoms with Gasteiger partial charge in [-0.2, -0.15) is 0 Å². The predicted octanol–water partition coefficient (Wildman–Crippen LogP) is 4.29. The lowest BCUT2D eigenvalue weighted by molar-refractivity contribution is 0.0108. The molecule has 1 aliphatic rings. The maximum Gasteiger partial charge on any atom is 0.257 e. The van der Waals surface area contributed by atoms with Crippen molar-refractivity contribution in [2.45, 2.75) is 39.3 Å². The molecule has 0 unspecified atom stereocenters. The molecule has 2 amide bonds. The molecule has 1 aliphatic heterocycles. The van der Waals surface area contributed by atoms with E-state index in [1.165, 1.54) is 24.3 Å². The van der Waals surface area contributed by atoms with Crippen molar-refractivity contribution in [3.8, 4) is 5.75 Å². The van der Waals surface area contributed by atoms with Crippen molar-refractivity contribution in [1.29, 1.82) is 0 Å². The van der Waals surface area contributed by atoms with E-state index in [4.69, 9.17) is 9.47 Å². The molecule has 35 heavy (non-hydrogen) atoms. The summed E-state index contributed by atoms with van der Waals surface area (Å²) in [5.74, 6) is -0.345. The van der Waals surface area contributed by atoms with Gasteiger partial charge in [0.1, 0.15) is 18.2 Å². The van der Waals surface area contributed by atoms with Crippen LogP contribution in [0, 0.1) is 11.7 Å². The first kappa shape index (κ1) is 26.6. The van der Waals surface area contributed by atoms with E-state index in [9.17, 15) is 14.0 Å². The summed E-state index contributed by atoms with van der Waals surface area (Å²) >= 11 is 0. The number of methoxy groups -OCH3 is 1. The Balaban J connectivity index is 1.91. The van der Waals surface area contributed by atoms with Crippen LogP contribution < -0.4 is 10.1 Å². The molecule has 0 fully saturated rings. The van der Waals surface area contributed by atoms with Gasteiger partial charge >= 0.3 is 0 Å². The molecule has 0 bridgehead atoms. The maximum atomic E-state index is 13.4. The average Bonchev–Trinajstić information content (AvgIpc) is 2.85. The monoisotopic (exact) mass is 485 g/mol. The minimum atomic E-state index is -0.414. The topological polar surface area (TPSA) is 71.1 Å². The second-order valence-electron chi connectivity index (χ2n) is 9.26. The van der Waals surface area contributed by atoms with E-state index in [0.29, 0.717) is 35.7 Å². The molecule has 1 N–H and O–H groups in total. The van der Waals surface area contributed by atoms with Crippen LogP contribution in [0.4, 0.5) is 10.1 Å². The molecule has 7 nitrogen and oxygen atoms in total. The fourth-order valence-electron chi connectivity index (χ4n) is 4.33. The molecule has 0 aromatic heterocycles. The lowest BCUT2D eigenvalue weighted by Crippen LogP contribution is -2.46. The van der Waals surface area contributed by atoms with Crippen LogP contribution in [0.3, 0.4) is 0 Å². The fraction of sp³-hybridized carbons (Fsp3) is 0.481. The van der Waals surface area contributed by atoms with Gasteiger partial charge in [0.25, 0.3) is 11.8 Å². The standard InChI is InChI=1S/C27H36FN3O4/c1-6-13-31-15-18(2)25(34-5)16-30(4)27(33)23-14-22(11-12-24(23)35-17-19(31)3)29-26(32)20-7-9-21(28)10-8-20/h7-12,14,18-19,25H,6,13,15-17H2,1-5H3,(H,29,32)/t18-,19-,25-/m0/s1. The van der Waals surface area contributed by atoms with Crippen LogP contribution in [0.15, 0.2) is 42.5 Å². The Labute approximate surface area is 207 Å². The van der Waals surface area contributed by atoms with Crippen molar-refractivity contribution in [2.24, 2.45) is 5.92 Å². The summed E-state index contributed by atoms with van der Waals surface area (Å²) < 4.78 is 25.1. The Kier molecular flexibility index (Phi) is 9.23. The first-order chi connectivity index (χ1) is 16.7. The highest BCUT2D eigenvalue weighted by Gasteiger charge is 2.28. The Hall–Kier alpha value is -2.97. The zero-order valence-corrected chi connectivity index (χ0v) is 21.2. The number of ether oxygens (including phenoxy) is 2. The highest BCUT2D eigenvalue weighted by molar-refractivity contribution is 6.05. The lowest BCUT2D eigenvalue weighted by Gasteiger charge is -2.35. The Morgan fingerprint density at radius 1 is 1.17 bits per heavy atom. The average molecular weight is 486 g/mol. The number of anilines is 1. The molecule has 1 heterocycles. The summed E-state index contributed by atoms with van der Waals surface area (Å²) in [6.45, 7) is 9.07. The van der Waals surface area contributed by atoms with Gasteiger partial charge in [-0.05, 0) is 68.3 Å². The van der Waals surface area contributed by atoms with Crippen LogP contribution in [-0.2, 0) is 4.74 Å². The van der Waals surface area contributed by atoms with Crippen molar-refractivity contribution in [2.75, 3.05) is 45.7 Å². The molecule has 0 spiro atoms. The first-order valence-corrected chi connectivity index (χ1v) is 12.1. The van der Waals surface area contributed by atoms with Crippen molar-refractivity contribution in [1.82, 2.24) is 9.80 Å². The molecular formula is C27H36FN3O4. The second-order valence-corrected chi connectivity index (χ2v) is 9.26. The largest absolute Gasteiger partial charge is 0.491 e. The van der Waals surface area contributed by atoms with Crippen LogP contribution in [0.1, 0.15) is 47.9 Å². The number of carbonyl (C=O) groups excluding carboxylic acids is 2. The van der Waals surface area contributed by atoms with E-state index in [2.05, 4.69) is 31.0 Å². The van der Waals surface area contributed by atoms with Gasteiger partial charge in [0.15, 0.2) is 0 Å². The maximum absolute atomic E-state index is 13.4. The Morgan fingerprint density at radius 3 is 2.54 bits per heavy atom. The van der Waals surface area contributed by atoms with Crippen molar-refractivity contribution < 1.29 is 23.5 Å². The van der Waals surface area contributed by atoms with Crippen LogP contribution in [0.25, 0.3) is 0 Å². The summed E-state index contributed by atoms with van der Waals surface area (Å²) in [6.07, 6.45) is 0.904. The molecule has 0 saturated carbocycles. The molecule has 0 radical (unpaired) electrons. The number of halogens is 1. The summed E-state index contributed by atoms with van der Waals surface area (Å²) in [5.41, 5.74) is 1.13. The second kappa shape index (κ2) is 12.1. The number of amides is 2. The van der Waals surface area contributed by atoms with E-state index in [1.807, 2.05) is 0 Å². The minimum absolute atomic E-state index is 0.124. The van der Waals surface area contributed by atoms with Crippen LogP contribution >= 0.6 is 0 Å². The van der Waals surface area contributed by atoms with Crippen LogP contribution in [0.2, 0.25) is 0 Å². The van der Waals surface area contributed by atoms with E-state index < -0.39 is 11.7 Å². The molecule has 2 aromatic rings. The van der Waals surface area contributed by atoms with Gasteiger partial charge < -0.3 is 19.7 Å². The zero-order valence-electron chi connectivity index (χ0n) is 21.2. The highest BCUT2D eigenvalue weighted by Crippen LogP contribution is 2.27. The van der Waals surface area contributed by atoms with E-state index in [1.54, 1.807) is 37.3 Å². The first-order valence-electron chi connectivity index (χ1n) is 12.1. The van der Waals surface area contributed by atoms with Gasteiger partial charge in [-0.1, -0.05) is 13.8 Å². The lowest BCUT2D eigenvalue weighted by atomic mass is 10.0. The van der Waals surface area contributed by atoms with Crippen molar-refractivity contribution >= 4 is 17.5 Å². The van der Waals surface area contributed by atoms with Gasteiger partial charge in [-0.3, -0.25) is 14.5 Å². The number of rotatable bonds is 5. The molecular weight excluding hydrogens is 449 g/mol. The number of benzene rings is 2. The number of nitrogens with one attached hydrogen (secondary N) is 1. The summed E-state index contributed by atoms with van der Waals surface area (Å²) in [4.78, 5) is 30.1. The van der Waals surface area contributed by atoms with Gasteiger partial charge in [0, 0.05) is 44.5 Å². The molecule has 190 valence electrons. The van der Waals surface area contributed by atoms with E-state index in [-0.39, 0.29) is 24.0 Å². The van der Waals surface area contributed by atoms with Gasteiger partial charge in [-0.25, -0.2) is 4.39 Å². The number of likely N-dealkylation sites (N-methyl/N-ethyl adjacent to an activating group) is 1. The van der Waals surface area contributed by atoms with Crippen LogP contribution in [-0.4, -0.2) is 74.2 Å². The van der Waals surface area contributed by atoms with Crippen molar-refractivity contribution in [3.05, 3.63) is 59.4 Å². The SMILES string of the molecule is CCCN1C[C@H](C)[C@@H](OC)CN(C)C(=O)c2cc(NC(=O)c3ccc(F)cc3)ccc2OC[C@@H]1C. The number of hydrogen-bond donors (Lipinski definition) is 1. The third-order valence-electron chi connectivity index (χ3n) is 6.45. The molecule has 3 rings (SSSR count). The number of nitrogens with zero attached hydrogens (tertiary/aromatic N) is 2. The zero-order chi connectivity index (χ0) is 25.5. The van der Waals surface area contributed by atoms with Gasteiger partial charge in [-0.15, -0.1) is 0 Å². The van der Waals surface area contributed by atoms with Crippen LogP contribution in [0.5, 0.6) is 5.75 Å². The Morgan fingerprint density at radius 2 is 1.89 bits per heavy atom. The quantitative estimate of drug-likeness (QED) is 0.684. The number of carbonyl (C=O) groups is 2. The van der Waals surface area contributed by atoms with Gasteiger partial charge in [0.2, 0.25) is 0 Å². The third kappa shape index (κ3) is 6.80. The van der Waals surface area contributed by atoms with E-state index >= 15 is 0 Å². The number of hydrogen-bond acceptors (Lipinski definition) is 5. The fourth-order valence-corrected chi connectivity index (χ4v) is 4.33. The smallest absolute Gasteiger partial charge is 0.257 e. The third-order valence-corrected chi connectivity index (χ3v) is 6.45. The van der Waals surface area contributed by atoms with Crippen molar-refractivity contribution in [3.63, 3.8) is 0 Å². The summed E-state index contributed by atoms with van der Waals surface area (Å²) in [6, 6.07) is 10.5. The molecule has 0 saturated heterocycles. The normalized spacial score (nSPS) is 21.9. The molecule has 0 aliphatic carbocycles. The predicted molar refractivity (Wildman–Crippen MR) is 135 cm³/mol. The Bertz CT molecular complexity index is 1010. The summed E-state index contributed by atoms with van der Waals surface area (Å²) in [5, 5.41) is 2.79. The summed E-state index contributed by atoms with van der Waals surface area (Å²) in [7, 11) is 3.42.